The molecule has 1 N–H and O–H groups in total. The quantitative estimate of drug-likeness (QED) is 0.494. The standard InChI is InChI=1S/C24H23F4N5O3/c1-15-30-22(32-9-8-20(21(34)12-32)17-3-5-18(25)6-4-17)31-23(35)33(15)11-16-2-7-19(29-10-16)13-36-14-24(26,27)28/h2-8,10,21,34H,9,11-14H2,1H3. The van der Waals surface area contributed by atoms with Gasteiger partial charge in [-0.25, -0.2) is 9.18 Å². The first-order chi connectivity index (χ1) is 17.1. The molecule has 1 aliphatic rings. The second-order valence-corrected chi connectivity index (χ2v) is 8.29. The molecule has 1 aliphatic heterocycles. The number of aromatic nitrogens is 4. The van der Waals surface area contributed by atoms with Crippen molar-refractivity contribution >= 4 is 11.5 Å². The van der Waals surface area contributed by atoms with Crippen LogP contribution in [-0.4, -0.2) is 56.6 Å². The van der Waals surface area contributed by atoms with Gasteiger partial charge in [0.2, 0.25) is 5.95 Å². The number of β-amino-alcohol motifs (C(OH)–C–C–N with tert-alkyl or cyclic N) is 1. The molecule has 36 heavy (non-hydrogen) atoms. The Morgan fingerprint density at radius 1 is 1.14 bits per heavy atom. The van der Waals surface area contributed by atoms with Crippen molar-refractivity contribution in [2.45, 2.75) is 32.4 Å². The van der Waals surface area contributed by atoms with Crippen molar-refractivity contribution in [3.8, 4) is 0 Å². The van der Waals surface area contributed by atoms with Gasteiger partial charge in [-0.15, -0.1) is 0 Å². The summed E-state index contributed by atoms with van der Waals surface area (Å²) in [5, 5.41) is 10.6. The number of benzene rings is 1. The Morgan fingerprint density at radius 2 is 1.89 bits per heavy atom. The lowest BCUT2D eigenvalue weighted by atomic mass is 9.97. The molecule has 190 valence electrons. The van der Waals surface area contributed by atoms with Crippen LogP contribution in [0, 0.1) is 12.7 Å². The van der Waals surface area contributed by atoms with Gasteiger partial charge in [0.15, 0.2) is 0 Å². The molecule has 0 fully saturated rings. The second-order valence-electron chi connectivity index (χ2n) is 8.29. The maximum Gasteiger partial charge on any atom is 0.411 e. The Hall–Kier alpha value is -3.64. The lowest BCUT2D eigenvalue weighted by molar-refractivity contribution is -0.176. The van der Waals surface area contributed by atoms with Crippen LogP contribution in [0.2, 0.25) is 0 Å². The van der Waals surface area contributed by atoms with Gasteiger partial charge in [-0.1, -0.05) is 24.3 Å². The van der Waals surface area contributed by atoms with Crippen LogP contribution in [0.1, 0.15) is 22.6 Å². The number of halogens is 4. The van der Waals surface area contributed by atoms with Gasteiger partial charge >= 0.3 is 11.9 Å². The van der Waals surface area contributed by atoms with Crippen molar-refractivity contribution in [1.29, 1.82) is 0 Å². The zero-order valence-corrected chi connectivity index (χ0v) is 19.2. The number of anilines is 1. The Balaban J connectivity index is 1.43. The highest BCUT2D eigenvalue weighted by molar-refractivity contribution is 5.71. The van der Waals surface area contributed by atoms with Gasteiger partial charge in [0.05, 0.1) is 31.5 Å². The number of rotatable bonds is 7. The van der Waals surface area contributed by atoms with Crippen LogP contribution < -0.4 is 10.6 Å². The van der Waals surface area contributed by atoms with Crippen LogP contribution in [-0.2, 0) is 17.9 Å². The summed E-state index contributed by atoms with van der Waals surface area (Å²) in [6.07, 6.45) is -2.04. The minimum Gasteiger partial charge on any atom is -0.387 e. The molecule has 1 atom stereocenters. The molecule has 0 amide bonds. The van der Waals surface area contributed by atoms with Crippen LogP contribution in [0.15, 0.2) is 53.5 Å². The summed E-state index contributed by atoms with van der Waals surface area (Å²) in [5.41, 5.74) is 1.79. The lowest BCUT2D eigenvalue weighted by Gasteiger charge is -2.30. The number of ether oxygens (including phenoxy) is 1. The molecule has 8 nitrogen and oxygen atoms in total. The Bertz CT molecular complexity index is 1290. The van der Waals surface area contributed by atoms with E-state index in [1.54, 1.807) is 36.1 Å². The largest absolute Gasteiger partial charge is 0.411 e. The number of aryl methyl sites for hydroxylation is 1. The summed E-state index contributed by atoms with van der Waals surface area (Å²) in [6, 6.07) is 9.01. The third kappa shape index (κ3) is 6.32. The number of aliphatic hydroxyl groups excluding tert-OH is 1. The fourth-order valence-electron chi connectivity index (χ4n) is 3.77. The van der Waals surface area contributed by atoms with Gasteiger partial charge in [-0.05, 0) is 41.8 Å². The highest BCUT2D eigenvalue weighted by Crippen LogP contribution is 2.25. The van der Waals surface area contributed by atoms with Crippen molar-refractivity contribution in [1.82, 2.24) is 19.5 Å². The van der Waals surface area contributed by atoms with Crippen LogP contribution in [0.25, 0.3) is 5.57 Å². The van der Waals surface area contributed by atoms with E-state index in [1.165, 1.54) is 29.0 Å². The molecule has 12 heteroatoms. The highest BCUT2D eigenvalue weighted by atomic mass is 19.4. The van der Waals surface area contributed by atoms with E-state index in [0.29, 0.717) is 34.8 Å². The first-order valence-electron chi connectivity index (χ1n) is 11.0. The van der Waals surface area contributed by atoms with Crippen LogP contribution in [0.4, 0.5) is 23.5 Å². The molecule has 0 radical (unpaired) electrons. The molecular weight excluding hydrogens is 482 g/mol. The minimum atomic E-state index is -4.40. The van der Waals surface area contributed by atoms with Crippen molar-refractivity contribution in [2.75, 3.05) is 24.6 Å². The topological polar surface area (TPSA) is 93.4 Å². The fraction of sp³-hybridized carbons (Fsp3) is 0.333. The van der Waals surface area contributed by atoms with E-state index < -0.39 is 24.6 Å². The molecule has 0 saturated heterocycles. The normalized spacial score (nSPS) is 16.2. The van der Waals surface area contributed by atoms with Gasteiger partial charge < -0.3 is 14.7 Å². The maximum atomic E-state index is 13.2. The Morgan fingerprint density at radius 3 is 2.50 bits per heavy atom. The summed E-state index contributed by atoms with van der Waals surface area (Å²) in [5.74, 6) is 0.209. The average Bonchev–Trinajstić information content (AvgIpc) is 2.82. The van der Waals surface area contributed by atoms with E-state index in [2.05, 4.69) is 19.7 Å². The van der Waals surface area contributed by atoms with E-state index in [-0.39, 0.29) is 31.5 Å². The predicted octanol–water partition coefficient (Wildman–Crippen LogP) is 2.87. The fourth-order valence-corrected chi connectivity index (χ4v) is 3.77. The van der Waals surface area contributed by atoms with Crippen LogP contribution in [0.5, 0.6) is 0 Å². The number of pyridine rings is 1. The molecule has 4 rings (SSSR count). The number of nitrogens with zero attached hydrogens (tertiary/aromatic N) is 5. The molecule has 2 aromatic heterocycles. The zero-order chi connectivity index (χ0) is 25.9. The third-order valence-corrected chi connectivity index (χ3v) is 5.57. The molecule has 1 unspecified atom stereocenters. The summed E-state index contributed by atoms with van der Waals surface area (Å²) < 4.78 is 55.7. The number of hydrogen-bond donors (Lipinski definition) is 1. The summed E-state index contributed by atoms with van der Waals surface area (Å²) in [6.45, 7) is 0.655. The van der Waals surface area contributed by atoms with Gasteiger partial charge in [0, 0.05) is 12.7 Å². The number of hydrogen-bond acceptors (Lipinski definition) is 7. The van der Waals surface area contributed by atoms with Gasteiger partial charge in [0.25, 0.3) is 0 Å². The highest BCUT2D eigenvalue weighted by Gasteiger charge is 2.27. The predicted molar refractivity (Wildman–Crippen MR) is 123 cm³/mol. The van der Waals surface area contributed by atoms with E-state index >= 15 is 0 Å². The van der Waals surface area contributed by atoms with Crippen LogP contribution >= 0.6 is 0 Å². The van der Waals surface area contributed by atoms with E-state index in [9.17, 15) is 27.5 Å². The van der Waals surface area contributed by atoms with Crippen molar-refractivity contribution < 1.29 is 27.4 Å². The van der Waals surface area contributed by atoms with E-state index in [4.69, 9.17) is 0 Å². The number of aliphatic hydroxyl groups is 1. The van der Waals surface area contributed by atoms with Crippen molar-refractivity contribution in [2.24, 2.45) is 0 Å². The summed E-state index contributed by atoms with van der Waals surface area (Å²) >= 11 is 0. The molecular formula is C24H23F4N5O3. The molecule has 0 saturated carbocycles. The van der Waals surface area contributed by atoms with E-state index in [0.717, 1.165) is 0 Å². The second kappa shape index (κ2) is 10.5. The molecule has 0 spiro atoms. The first-order valence-corrected chi connectivity index (χ1v) is 11.0. The number of alkyl halides is 3. The van der Waals surface area contributed by atoms with Gasteiger partial charge in [-0.3, -0.25) is 9.55 Å². The summed E-state index contributed by atoms with van der Waals surface area (Å²) in [7, 11) is 0. The van der Waals surface area contributed by atoms with Crippen molar-refractivity contribution in [3.05, 3.63) is 87.6 Å². The van der Waals surface area contributed by atoms with Crippen LogP contribution in [0.3, 0.4) is 0 Å². The summed E-state index contributed by atoms with van der Waals surface area (Å²) in [4.78, 5) is 27.0. The van der Waals surface area contributed by atoms with E-state index in [1.807, 2.05) is 0 Å². The molecule has 0 aliphatic carbocycles. The Kier molecular flexibility index (Phi) is 7.45. The zero-order valence-electron chi connectivity index (χ0n) is 19.2. The maximum absolute atomic E-state index is 13.2. The first kappa shape index (κ1) is 25.5. The minimum absolute atomic E-state index is 0.124. The lowest BCUT2D eigenvalue weighted by Crippen LogP contribution is -2.40. The van der Waals surface area contributed by atoms with Gasteiger partial charge in [-0.2, -0.15) is 23.1 Å². The smallest absolute Gasteiger partial charge is 0.387 e. The van der Waals surface area contributed by atoms with Gasteiger partial charge in [0.1, 0.15) is 18.2 Å². The monoisotopic (exact) mass is 505 g/mol. The average molecular weight is 505 g/mol. The molecule has 0 bridgehead atoms. The molecule has 1 aromatic carbocycles. The molecule has 3 heterocycles. The molecule has 3 aromatic rings. The van der Waals surface area contributed by atoms with Crippen molar-refractivity contribution in [3.63, 3.8) is 0 Å². The Labute approximate surface area is 203 Å². The SMILES string of the molecule is Cc1nc(N2CC=C(c3ccc(F)cc3)C(O)C2)nc(=O)n1Cc1ccc(COCC(F)(F)F)nc1. The third-order valence-electron chi connectivity index (χ3n) is 5.57.